The minimum Gasteiger partial charge on any atom is -0.478 e. The second kappa shape index (κ2) is 6.27. The number of hydrogen-bond acceptors (Lipinski definition) is 3. The molecular weight excluding hydrogens is 292 g/mol. The summed E-state index contributed by atoms with van der Waals surface area (Å²) in [5, 5.41) is 8.73. The highest BCUT2D eigenvalue weighted by Gasteiger charge is 2.24. The van der Waals surface area contributed by atoms with Crippen molar-refractivity contribution in [3.05, 3.63) is 29.3 Å². The van der Waals surface area contributed by atoms with Gasteiger partial charge in [0.15, 0.2) is 11.6 Å². The lowest BCUT2D eigenvalue weighted by atomic mass is 10.1. The molecule has 1 aromatic rings. The molecule has 0 unspecified atom stereocenters. The number of halogens is 2. The Morgan fingerprint density at radius 2 is 1.95 bits per heavy atom. The molecule has 0 aliphatic carbocycles. The van der Waals surface area contributed by atoms with Crippen molar-refractivity contribution in [1.29, 1.82) is 0 Å². The van der Waals surface area contributed by atoms with Crippen molar-refractivity contribution < 1.29 is 27.1 Å². The van der Waals surface area contributed by atoms with Crippen LogP contribution in [0.3, 0.4) is 0 Å². The lowest BCUT2D eigenvalue weighted by molar-refractivity contribution is 0.0696. The summed E-state index contributed by atoms with van der Waals surface area (Å²) in [7, 11) is -4.29. The minimum absolute atomic E-state index is 0.0539. The molecule has 0 saturated carbocycles. The summed E-state index contributed by atoms with van der Waals surface area (Å²) >= 11 is 0. The minimum atomic E-state index is -4.29. The first-order chi connectivity index (χ1) is 9.15. The Morgan fingerprint density at radius 3 is 2.45 bits per heavy atom. The van der Waals surface area contributed by atoms with E-state index < -0.39 is 38.1 Å². The van der Waals surface area contributed by atoms with Gasteiger partial charge in [0.1, 0.15) is 4.90 Å². The van der Waals surface area contributed by atoms with Crippen molar-refractivity contribution in [2.45, 2.75) is 25.2 Å². The Labute approximate surface area is 115 Å². The summed E-state index contributed by atoms with van der Waals surface area (Å²) in [5.74, 6) is -4.42. The molecule has 0 heterocycles. The number of sulfonamides is 1. The van der Waals surface area contributed by atoms with Crippen molar-refractivity contribution in [3.8, 4) is 0 Å². The number of hydrogen-bond donors (Lipinski definition) is 2. The van der Waals surface area contributed by atoms with Crippen LogP contribution >= 0.6 is 0 Å². The van der Waals surface area contributed by atoms with Crippen LogP contribution in [-0.2, 0) is 10.0 Å². The highest BCUT2D eigenvalue weighted by molar-refractivity contribution is 7.89. The van der Waals surface area contributed by atoms with E-state index in [0.29, 0.717) is 18.6 Å². The number of rotatable bonds is 6. The van der Waals surface area contributed by atoms with Crippen LogP contribution in [0.2, 0.25) is 0 Å². The van der Waals surface area contributed by atoms with E-state index >= 15 is 0 Å². The number of carbonyl (C=O) groups is 1. The Hall–Kier alpha value is -1.54. The number of carboxylic acids is 1. The van der Waals surface area contributed by atoms with Crippen LogP contribution in [-0.4, -0.2) is 26.0 Å². The van der Waals surface area contributed by atoms with E-state index in [9.17, 15) is 22.0 Å². The van der Waals surface area contributed by atoms with Gasteiger partial charge >= 0.3 is 5.97 Å². The first-order valence-corrected chi connectivity index (χ1v) is 7.35. The van der Waals surface area contributed by atoms with Crippen LogP contribution in [0.1, 0.15) is 30.6 Å². The molecule has 0 aromatic heterocycles. The molecule has 0 aliphatic heterocycles. The lowest BCUT2D eigenvalue weighted by Crippen LogP contribution is -2.27. The molecule has 0 atom stereocenters. The Morgan fingerprint density at radius 1 is 1.35 bits per heavy atom. The van der Waals surface area contributed by atoms with E-state index in [1.165, 1.54) is 0 Å². The highest BCUT2D eigenvalue weighted by atomic mass is 32.2. The fraction of sp³-hybridized carbons (Fsp3) is 0.417. The normalized spacial score (nSPS) is 11.8. The molecule has 0 radical (unpaired) electrons. The lowest BCUT2D eigenvalue weighted by Gasteiger charge is -2.10. The summed E-state index contributed by atoms with van der Waals surface area (Å²) in [6.45, 7) is 3.80. The summed E-state index contributed by atoms with van der Waals surface area (Å²) in [4.78, 5) is 9.74. The molecule has 0 amide bonds. The first-order valence-electron chi connectivity index (χ1n) is 5.87. The third-order valence-electron chi connectivity index (χ3n) is 2.55. The fourth-order valence-corrected chi connectivity index (χ4v) is 2.60. The van der Waals surface area contributed by atoms with E-state index in [0.717, 1.165) is 0 Å². The fourth-order valence-electron chi connectivity index (χ4n) is 1.44. The molecule has 8 heteroatoms. The molecule has 0 aliphatic rings. The SMILES string of the molecule is CC(C)CCNS(=O)(=O)c1cc(C(=O)O)cc(F)c1F. The summed E-state index contributed by atoms with van der Waals surface area (Å²) < 4.78 is 52.6. The van der Waals surface area contributed by atoms with E-state index in [-0.39, 0.29) is 12.5 Å². The average molecular weight is 307 g/mol. The van der Waals surface area contributed by atoms with Gasteiger partial charge in [0, 0.05) is 6.54 Å². The standard InChI is InChI=1S/C12H15F2NO4S/c1-7(2)3-4-15-20(18,19)10-6-8(12(16)17)5-9(13)11(10)14/h5-7,15H,3-4H2,1-2H3,(H,16,17). The van der Waals surface area contributed by atoms with Crippen LogP contribution in [0.4, 0.5) is 8.78 Å². The number of nitrogens with one attached hydrogen (secondary N) is 1. The number of carboxylic acid groups (broad SMARTS) is 1. The van der Waals surface area contributed by atoms with Crippen molar-refractivity contribution in [2.24, 2.45) is 5.92 Å². The Balaban J connectivity index is 3.14. The summed E-state index contributed by atoms with van der Waals surface area (Å²) in [5.41, 5.74) is -0.631. The monoisotopic (exact) mass is 307 g/mol. The Bertz CT molecular complexity index is 614. The molecule has 0 fully saturated rings. The largest absolute Gasteiger partial charge is 0.478 e. The van der Waals surface area contributed by atoms with Crippen molar-refractivity contribution in [2.75, 3.05) is 6.54 Å². The smallest absolute Gasteiger partial charge is 0.335 e. The van der Waals surface area contributed by atoms with Gasteiger partial charge in [-0.1, -0.05) is 13.8 Å². The van der Waals surface area contributed by atoms with E-state index in [2.05, 4.69) is 4.72 Å². The molecule has 20 heavy (non-hydrogen) atoms. The van der Waals surface area contributed by atoms with Gasteiger partial charge in [-0.05, 0) is 24.5 Å². The molecule has 0 spiro atoms. The van der Waals surface area contributed by atoms with Gasteiger partial charge in [-0.15, -0.1) is 0 Å². The molecule has 1 rings (SSSR count). The van der Waals surface area contributed by atoms with Crippen LogP contribution in [0, 0.1) is 17.6 Å². The first kappa shape index (κ1) is 16.5. The third-order valence-corrected chi connectivity index (χ3v) is 4.01. The van der Waals surface area contributed by atoms with E-state index in [1.54, 1.807) is 0 Å². The Kier molecular flexibility index (Phi) is 5.18. The maximum absolute atomic E-state index is 13.5. The molecular formula is C12H15F2NO4S. The third kappa shape index (κ3) is 3.97. The van der Waals surface area contributed by atoms with Gasteiger partial charge in [-0.25, -0.2) is 26.7 Å². The van der Waals surface area contributed by atoms with Crippen LogP contribution in [0.5, 0.6) is 0 Å². The predicted molar refractivity (Wildman–Crippen MR) is 68.0 cm³/mol. The molecule has 0 saturated heterocycles. The van der Waals surface area contributed by atoms with E-state index in [4.69, 9.17) is 5.11 Å². The van der Waals surface area contributed by atoms with Gasteiger partial charge < -0.3 is 5.11 Å². The molecule has 1 aromatic carbocycles. The predicted octanol–water partition coefficient (Wildman–Crippen LogP) is 1.99. The topological polar surface area (TPSA) is 83.5 Å². The van der Waals surface area contributed by atoms with Crippen LogP contribution < -0.4 is 4.72 Å². The average Bonchev–Trinajstić information content (AvgIpc) is 2.31. The van der Waals surface area contributed by atoms with Gasteiger partial charge in [-0.3, -0.25) is 0 Å². The second-order valence-electron chi connectivity index (χ2n) is 4.66. The second-order valence-corrected chi connectivity index (χ2v) is 6.39. The molecule has 112 valence electrons. The summed E-state index contributed by atoms with van der Waals surface area (Å²) in [6, 6.07) is 1.03. The van der Waals surface area contributed by atoms with Gasteiger partial charge in [-0.2, -0.15) is 0 Å². The van der Waals surface area contributed by atoms with Gasteiger partial charge in [0.2, 0.25) is 10.0 Å². The molecule has 0 bridgehead atoms. The van der Waals surface area contributed by atoms with Gasteiger partial charge in [0.25, 0.3) is 0 Å². The quantitative estimate of drug-likeness (QED) is 0.842. The maximum Gasteiger partial charge on any atom is 0.335 e. The zero-order valence-corrected chi connectivity index (χ0v) is 11.8. The number of benzene rings is 1. The molecule has 2 N–H and O–H groups in total. The summed E-state index contributed by atoms with van der Waals surface area (Å²) in [6.07, 6.45) is 0.516. The van der Waals surface area contributed by atoms with Gasteiger partial charge in [0.05, 0.1) is 5.56 Å². The van der Waals surface area contributed by atoms with Crippen molar-refractivity contribution in [1.82, 2.24) is 4.72 Å². The van der Waals surface area contributed by atoms with E-state index in [1.807, 2.05) is 13.8 Å². The highest BCUT2D eigenvalue weighted by Crippen LogP contribution is 2.20. The van der Waals surface area contributed by atoms with Crippen LogP contribution in [0.25, 0.3) is 0 Å². The van der Waals surface area contributed by atoms with Crippen LogP contribution in [0.15, 0.2) is 17.0 Å². The zero-order chi connectivity index (χ0) is 15.5. The maximum atomic E-state index is 13.5. The van der Waals surface area contributed by atoms with Crippen molar-refractivity contribution in [3.63, 3.8) is 0 Å². The molecule has 5 nitrogen and oxygen atoms in total. The number of aromatic carboxylic acids is 1. The van der Waals surface area contributed by atoms with Crippen molar-refractivity contribution >= 4 is 16.0 Å². The zero-order valence-electron chi connectivity index (χ0n) is 11.0.